The first-order valence-corrected chi connectivity index (χ1v) is 8.55. The molecular formula is C20H24N2O3. The summed E-state index contributed by atoms with van der Waals surface area (Å²) < 4.78 is 11.2. The fraction of sp³-hybridized carbons (Fsp3) is 0.400. The van der Waals surface area contributed by atoms with E-state index in [0.717, 1.165) is 17.5 Å². The van der Waals surface area contributed by atoms with Crippen molar-refractivity contribution in [3.8, 4) is 11.1 Å². The van der Waals surface area contributed by atoms with Crippen LogP contribution in [0.15, 0.2) is 42.7 Å². The smallest absolute Gasteiger partial charge is 0.407 e. The number of hydrogen-bond acceptors (Lipinski definition) is 4. The molecule has 2 aromatic rings. The highest BCUT2D eigenvalue weighted by Gasteiger charge is 2.24. The molecule has 2 heterocycles. The van der Waals surface area contributed by atoms with E-state index >= 15 is 0 Å². The van der Waals surface area contributed by atoms with Gasteiger partial charge in [0.1, 0.15) is 11.7 Å². The van der Waals surface area contributed by atoms with Gasteiger partial charge in [-0.3, -0.25) is 4.98 Å². The molecule has 1 aromatic heterocycles. The van der Waals surface area contributed by atoms with Gasteiger partial charge in [0.05, 0.1) is 13.2 Å². The molecule has 1 atom stereocenters. The minimum absolute atomic E-state index is 0.168. The fourth-order valence-corrected chi connectivity index (χ4v) is 3.04. The summed E-state index contributed by atoms with van der Waals surface area (Å²) in [5.74, 6) is 0. The highest BCUT2D eigenvalue weighted by Crippen LogP contribution is 2.34. The number of ether oxygens (including phenoxy) is 2. The van der Waals surface area contributed by atoms with E-state index < -0.39 is 11.7 Å². The van der Waals surface area contributed by atoms with Crippen molar-refractivity contribution >= 4 is 6.09 Å². The number of hydrogen-bond donors (Lipinski definition) is 1. The number of nitrogens with zero attached hydrogens (tertiary/aromatic N) is 1. The van der Waals surface area contributed by atoms with Gasteiger partial charge in [-0.2, -0.15) is 0 Å². The van der Waals surface area contributed by atoms with Crippen molar-refractivity contribution in [1.82, 2.24) is 10.3 Å². The van der Waals surface area contributed by atoms with E-state index in [1.807, 2.05) is 39.0 Å². The van der Waals surface area contributed by atoms with E-state index in [1.165, 1.54) is 11.1 Å². The lowest BCUT2D eigenvalue weighted by Gasteiger charge is -2.28. The summed E-state index contributed by atoms with van der Waals surface area (Å²) in [5.41, 5.74) is 4.23. The lowest BCUT2D eigenvalue weighted by Crippen LogP contribution is -2.36. The quantitative estimate of drug-likeness (QED) is 0.921. The Bertz CT molecular complexity index is 738. The summed E-state index contributed by atoms with van der Waals surface area (Å²) in [5, 5.41) is 2.81. The molecule has 132 valence electrons. The van der Waals surface area contributed by atoms with E-state index in [0.29, 0.717) is 13.2 Å². The average molecular weight is 340 g/mol. The number of carbonyl (C=O) groups excluding carboxylic acids is 1. The SMILES string of the molecule is CC(C)(C)OC(=O)NCC1OCCc2c(-c3ccncc3)cccc21. The van der Waals surface area contributed by atoms with Crippen LogP contribution < -0.4 is 5.32 Å². The number of rotatable bonds is 3. The largest absolute Gasteiger partial charge is 0.444 e. The molecule has 1 aromatic carbocycles. The minimum Gasteiger partial charge on any atom is -0.444 e. The van der Waals surface area contributed by atoms with Crippen LogP contribution >= 0.6 is 0 Å². The molecule has 1 amide bonds. The lowest BCUT2D eigenvalue weighted by molar-refractivity contribution is 0.0290. The first-order valence-electron chi connectivity index (χ1n) is 8.55. The van der Waals surface area contributed by atoms with Gasteiger partial charge < -0.3 is 14.8 Å². The molecule has 0 fully saturated rings. The molecule has 5 heteroatoms. The molecular weight excluding hydrogens is 316 g/mol. The Balaban J connectivity index is 1.78. The van der Waals surface area contributed by atoms with Gasteiger partial charge in [-0.25, -0.2) is 4.79 Å². The van der Waals surface area contributed by atoms with Crippen molar-refractivity contribution < 1.29 is 14.3 Å². The molecule has 0 spiro atoms. The molecule has 1 aliphatic rings. The van der Waals surface area contributed by atoms with E-state index in [2.05, 4.69) is 22.4 Å². The Labute approximate surface area is 148 Å². The van der Waals surface area contributed by atoms with Crippen molar-refractivity contribution in [3.05, 3.63) is 53.9 Å². The third kappa shape index (κ3) is 4.37. The van der Waals surface area contributed by atoms with Gasteiger partial charge in [-0.05, 0) is 61.6 Å². The average Bonchev–Trinajstić information content (AvgIpc) is 2.58. The number of carbonyl (C=O) groups is 1. The highest BCUT2D eigenvalue weighted by molar-refractivity contribution is 5.69. The molecule has 5 nitrogen and oxygen atoms in total. The maximum Gasteiger partial charge on any atom is 0.407 e. The number of alkyl carbamates (subject to hydrolysis) is 1. The topological polar surface area (TPSA) is 60.5 Å². The van der Waals surface area contributed by atoms with Crippen molar-refractivity contribution in [2.75, 3.05) is 13.2 Å². The Morgan fingerprint density at radius 1 is 1.28 bits per heavy atom. The first kappa shape index (κ1) is 17.4. The van der Waals surface area contributed by atoms with Gasteiger partial charge in [0, 0.05) is 12.4 Å². The molecule has 0 bridgehead atoms. The van der Waals surface area contributed by atoms with E-state index in [9.17, 15) is 4.79 Å². The van der Waals surface area contributed by atoms with Crippen molar-refractivity contribution in [1.29, 1.82) is 0 Å². The second-order valence-corrected chi connectivity index (χ2v) is 7.10. The molecule has 0 saturated carbocycles. The molecule has 1 unspecified atom stereocenters. The van der Waals surface area contributed by atoms with Gasteiger partial charge in [-0.1, -0.05) is 18.2 Å². The maximum absolute atomic E-state index is 11.9. The second kappa shape index (κ2) is 7.23. The minimum atomic E-state index is -0.510. The van der Waals surface area contributed by atoms with Gasteiger partial charge >= 0.3 is 6.09 Å². The predicted molar refractivity (Wildman–Crippen MR) is 96.3 cm³/mol. The zero-order valence-corrected chi connectivity index (χ0v) is 14.9. The first-order chi connectivity index (χ1) is 11.9. The van der Waals surface area contributed by atoms with E-state index in [1.54, 1.807) is 12.4 Å². The van der Waals surface area contributed by atoms with E-state index in [4.69, 9.17) is 9.47 Å². The Morgan fingerprint density at radius 2 is 2.04 bits per heavy atom. The zero-order chi connectivity index (χ0) is 17.9. The van der Waals surface area contributed by atoms with Crippen LogP contribution in [0.5, 0.6) is 0 Å². The summed E-state index contributed by atoms with van der Waals surface area (Å²) in [6.45, 7) is 6.57. The van der Waals surface area contributed by atoms with Crippen LogP contribution in [0, 0.1) is 0 Å². The highest BCUT2D eigenvalue weighted by atomic mass is 16.6. The summed E-state index contributed by atoms with van der Waals surface area (Å²) in [4.78, 5) is 16.0. The van der Waals surface area contributed by atoms with Gasteiger partial charge in [0.25, 0.3) is 0 Å². The van der Waals surface area contributed by atoms with Crippen molar-refractivity contribution in [3.63, 3.8) is 0 Å². The Morgan fingerprint density at radius 3 is 2.76 bits per heavy atom. The molecule has 1 aliphatic heterocycles. The van der Waals surface area contributed by atoms with Gasteiger partial charge in [-0.15, -0.1) is 0 Å². The number of benzene rings is 1. The number of nitrogens with one attached hydrogen (secondary N) is 1. The van der Waals surface area contributed by atoms with Gasteiger partial charge in [0.15, 0.2) is 0 Å². The monoisotopic (exact) mass is 340 g/mol. The molecule has 0 radical (unpaired) electrons. The zero-order valence-electron chi connectivity index (χ0n) is 14.9. The number of pyridine rings is 1. The molecule has 1 N–H and O–H groups in total. The van der Waals surface area contributed by atoms with Crippen LogP contribution in [0.1, 0.15) is 38.0 Å². The fourth-order valence-electron chi connectivity index (χ4n) is 3.04. The second-order valence-electron chi connectivity index (χ2n) is 7.10. The summed E-state index contributed by atoms with van der Waals surface area (Å²) >= 11 is 0. The Hall–Kier alpha value is -2.40. The third-order valence-electron chi connectivity index (χ3n) is 4.05. The molecule has 3 rings (SSSR count). The number of fused-ring (bicyclic) bond motifs is 1. The molecule has 25 heavy (non-hydrogen) atoms. The summed E-state index contributed by atoms with van der Waals surface area (Å²) in [7, 11) is 0. The standard InChI is InChI=1S/C20H24N2O3/c1-20(2,3)25-19(23)22-13-18-17-6-4-5-15(16(17)9-12-24-18)14-7-10-21-11-8-14/h4-8,10-11,18H,9,12-13H2,1-3H3,(H,22,23). The van der Waals surface area contributed by atoms with Crippen LogP contribution in [-0.4, -0.2) is 29.8 Å². The number of aromatic nitrogens is 1. The van der Waals surface area contributed by atoms with Crippen LogP contribution in [-0.2, 0) is 15.9 Å². The van der Waals surface area contributed by atoms with Crippen LogP contribution in [0.2, 0.25) is 0 Å². The number of amides is 1. The van der Waals surface area contributed by atoms with Crippen LogP contribution in [0.25, 0.3) is 11.1 Å². The summed E-state index contributed by atoms with van der Waals surface area (Å²) in [6, 6.07) is 10.3. The Kier molecular flexibility index (Phi) is 5.04. The third-order valence-corrected chi connectivity index (χ3v) is 4.05. The van der Waals surface area contributed by atoms with Crippen LogP contribution in [0.3, 0.4) is 0 Å². The van der Waals surface area contributed by atoms with Crippen molar-refractivity contribution in [2.24, 2.45) is 0 Å². The lowest BCUT2D eigenvalue weighted by atomic mass is 9.90. The maximum atomic E-state index is 11.9. The van der Waals surface area contributed by atoms with Crippen molar-refractivity contribution in [2.45, 2.75) is 38.9 Å². The van der Waals surface area contributed by atoms with Crippen LogP contribution in [0.4, 0.5) is 4.79 Å². The van der Waals surface area contributed by atoms with Gasteiger partial charge in [0.2, 0.25) is 0 Å². The predicted octanol–water partition coefficient (Wildman–Crippen LogP) is 3.89. The normalized spacial score (nSPS) is 16.8. The molecule has 0 aliphatic carbocycles. The van der Waals surface area contributed by atoms with E-state index in [-0.39, 0.29) is 6.10 Å². The summed E-state index contributed by atoms with van der Waals surface area (Å²) in [6.07, 6.45) is 3.87. The molecule has 0 saturated heterocycles.